The van der Waals surface area contributed by atoms with Crippen LogP contribution in [0.25, 0.3) is 0 Å². The Bertz CT molecular complexity index is 470. The lowest BCUT2D eigenvalue weighted by Crippen LogP contribution is -2.44. The highest BCUT2D eigenvalue weighted by Crippen LogP contribution is 2.52. The fraction of sp³-hybridized carbons (Fsp3) is 0.600. The first kappa shape index (κ1) is 10.1. The summed E-state index contributed by atoms with van der Waals surface area (Å²) in [4.78, 5) is 2.59. The normalized spacial score (nSPS) is 39.2. The molecule has 3 aliphatic rings. The molecule has 1 aromatic rings. The van der Waals surface area contributed by atoms with Gasteiger partial charge in [-0.3, -0.25) is 0 Å². The number of piperidine rings is 1. The molecule has 0 saturated carbocycles. The van der Waals surface area contributed by atoms with Crippen LogP contribution in [0.1, 0.15) is 36.3 Å². The average Bonchev–Trinajstić information content (AvgIpc) is 2.76. The largest absolute Gasteiger partial charge is 0.300 e. The summed E-state index contributed by atoms with van der Waals surface area (Å²) < 4.78 is 13.3. The van der Waals surface area contributed by atoms with Crippen LogP contribution in [0.3, 0.4) is 0 Å². The van der Waals surface area contributed by atoms with E-state index in [1.54, 1.807) is 12.1 Å². The molecule has 1 aliphatic carbocycles. The summed E-state index contributed by atoms with van der Waals surface area (Å²) in [7, 11) is 2.28. The van der Waals surface area contributed by atoms with Crippen LogP contribution >= 0.6 is 0 Å². The van der Waals surface area contributed by atoms with Crippen molar-refractivity contribution in [2.75, 3.05) is 7.05 Å². The minimum atomic E-state index is -0.0686. The summed E-state index contributed by atoms with van der Waals surface area (Å²) in [5, 5.41) is 0. The van der Waals surface area contributed by atoms with Crippen LogP contribution in [0.2, 0.25) is 0 Å². The van der Waals surface area contributed by atoms with Crippen LogP contribution in [-0.4, -0.2) is 24.0 Å². The van der Waals surface area contributed by atoms with Crippen LogP contribution in [0.5, 0.6) is 0 Å². The summed E-state index contributed by atoms with van der Waals surface area (Å²) in [6.07, 6.45) is 5.10. The lowest BCUT2D eigenvalue weighted by Gasteiger charge is -2.40. The minimum absolute atomic E-state index is 0.0686. The number of halogens is 1. The van der Waals surface area contributed by atoms with Gasteiger partial charge < -0.3 is 4.90 Å². The second-order valence-electron chi connectivity index (χ2n) is 6.02. The third-order valence-corrected chi connectivity index (χ3v) is 5.39. The molecule has 2 heteroatoms. The van der Waals surface area contributed by atoms with Gasteiger partial charge in [-0.2, -0.15) is 0 Å². The Morgan fingerprint density at radius 3 is 3.06 bits per heavy atom. The summed E-state index contributed by atoms with van der Waals surface area (Å²) in [6, 6.07) is 6.97. The van der Waals surface area contributed by atoms with E-state index in [1.807, 2.05) is 6.07 Å². The van der Waals surface area contributed by atoms with E-state index < -0.39 is 0 Å². The highest BCUT2D eigenvalue weighted by Gasteiger charge is 2.48. The van der Waals surface area contributed by atoms with Crippen molar-refractivity contribution < 1.29 is 4.39 Å². The zero-order chi connectivity index (χ0) is 11.6. The van der Waals surface area contributed by atoms with Crippen molar-refractivity contribution in [2.24, 2.45) is 5.92 Å². The standard InChI is InChI=1S/C15H18FN/c1-17-11-3-5-15(17)14-7-9-6-10(16)2-4-12(9)13(14)8-11/h2,4,6,11,13-15H,3,5,7-8H2,1H3/t11?,13-,14+,15?/m1/s1. The summed E-state index contributed by atoms with van der Waals surface area (Å²) in [6.45, 7) is 0. The molecule has 2 bridgehead atoms. The maximum atomic E-state index is 13.3. The van der Waals surface area contributed by atoms with E-state index >= 15 is 0 Å². The van der Waals surface area contributed by atoms with Crippen molar-refractivity contribution in [2.45, 2.75) is 43.7 Å². The molecular formula is C15H18FN. The number of hydrogen-bond donors (Lipinski definition) is 0. The minimum Gasteiger partial charge on any atom is -0.300 e. The second kappa shape index (κ2) is 3.32. The Morgan fingerprint density at radius 1 is 1.29 bits per heavy atom. The van der Waals surface area contributed by atoms with Crippen LogP contribution < -0.4 is 0 Å². The molecule has 0 N–H and O–H groups in total. The molecule has 2 fully saturated rings. The fourth-order valence-corrected chi connectivity index (χ4v) is 4.58. The van der Waals surface area contributed by atoms with E-state index in [2.05, 4.69) is 11.9 Å². The van der Waals surface area contributed by atoms with E-state index in [9.17, 15) is 4.39 Å². The maximum Gasteiger partial charge on any atom is 0.123 e. The Kier molecular flexibility index (Phi) is 1.97. The quantitative estimate of drug-likeness (QED) is 0.663. The molecule has 2 unspecified atom stereocenters. The van der Waals surface area contributed by atoms with Crippen LogP contribution in [-0.2, 0) is 6.42 Å². The van der Waals surface area contributed by atoms with Gasteiger partial charge in [0.2, 0.25) is 0 Å². The number of rotatable bonds is 0. The first-order valence-corrected chi connectivity index (χ1v) is 6.74. The van der Waals surface area contributed by atoms with E-state index in [4.69, 9.17) is 0 Å². The average molecular weight is 231 g/mol. The van der Waals surface area contributed by atoms with Gasteiger partial charge in [0.15, 0.2) is 0 Å². The predicted molar refractivity (Wildman–Crippen MR) is 65.5 cm³/mol. The van der Waals surface area contributed by atoms with Crippen LogP contribution in [0.4, 0.5) is 4.39 Å². The van der Waals surface area contributed by atoms with E-state index in [1.165, 1.54) is 30.4 Å². The molecule has 2 saturated heterocycles. The van der Waals surface area contributed by atoms with Crippen molar-refractivity contribution in [3.05, 3.63) is 35.1 Å². The molecule has 0 radical (unpaired) electrons. The molecule has 1 aromatic carbocycles. The van der Waals surface area contributed by atoms with Crippen molar-refractivity contribution in [1.82, 2.24) is 4.90 Å². The van der Waals surface area contributed by atoms with Crippen LogP contribution in [0, 0.1) is 11.7 Å². The van der Waals surface area contributed by atoms with Gasteiger partial charge in [0.25, 0.3) is 0 Å². The van der Waals surface area contributed by atoms with E-state index in [0.717, 1.165) is 24.4 Å². The maximum absolute atomic E-state index is 13.3. The SMILES string of the molecule is CN1C2CCC1[C@H]1Cc3cc(F)ccc3[C@H]1C2. The molecule has 1 nitrogen and oxygen atoms in total. The molecule has 4 rings (SSSR count). The van der Waals surface area contributed by atoms with Gasteiger partial charge in [-0.05, 0) is 67.8 Å². The Hall–Kier alpha value is -0.890. The first-order chi connectivity index (χ1) is 8.24. The third-order valence-electron chi connectivity index (χ3n) is 5.39. The molecule has 0 aromatic heterocycles. The zero-order valence-corrected chi connectivity index (χ0v) is 10.2. The van der Waals surface area contributed by atoms with Gasteiger partial charge in [0, 0.05) is 12.1 Å². The Balaban J connectivity index is 1.76. The molecule has 2 aliphatic heterocycles. The van der Waals surface area contributed by atoms with Crippen molar-refractivity contribution in [1.29, 1.82) is 0 Å². The Labute approximate surface area is 102 Å². The van der Waals surface area contributed by atoms with Crippen molar-refractivity contribution in [3.63, 3.8) is 0 Å². The van der Waals surface area contributed by atoms with Crippen LogP contribution in [0.15, 0.2) is 18.2 Å². The number of benzene rings is 1. The molecule has 2 heterocycles. The second-order valence-corrected chi connectivity index (χ2v) is 6.02. The smallest absolute Gasteiger partial charge is 0.123 e. The first-order valence-electron chi connectivity index (χ1n) is 6.74. The Morgan fingerprint density at radius 2 is 2.18 bits per heavy atom. The number of fused-ring (bicyclic) bond motifs is 6. The molecule has 0 spiro atoms. The summed E-state index contributed by atoms with van der Waals surface area (Å²) in [5.41, 5.74) is 2.72. The molecule has 17 heavy (non-hydrogen) atoms. The fourth-order valence-electron chi connectivity index (χ4n) is 4.58. The molecule has 90 valence electrons. The van der Waals surface area contributed by atoms with Gasteiger partial charge in [-0.1, -0.05) is 6.07 Å². The van der Waals surface area contributed by atoms with Crippen molar-refractivity contribution in [3.8, 4) is 0 Å². The number of nitrogens with zero attached hydrogens (tertiary/aromatic N) is 1. The topological polar surface area (TPSA) is 3.24 Å². The molecule has 0 amide bonds. The van der Waals surface area contributed by atoms with Gasteiger partial charge in [0.05, 0.1) is 0 Å². The van der Waals surface area contributed by atoms with Crippen molar-refractivity contribution >= 4 is 0 Å². The highest BCUT2D eigenvalue weighted by molar-refractivity contribution is 5.38. The predicted octanol–water partition coefficient (Wildman–Crippen LogP) is 2.95. The van der Waals surface area contributed by atoms with E-state index in [0.29, 0.717) is 5.92 Å². The highest BCUT2D eigenvalue weighted by atomic mass is 19.1. The number of hydrogen-bond acceptors (Lipinski definition) is 1. The lowest BCUT2D eigenvalue weighted by atomic mass is 9.81. The zero-order valence-electron chi connectivity index (χ0n) is 10.2. The van der Waals surface area contributed by atoms with Gasteiger partial charge in [-0.25, -0.2) is 4.39 Å². The monoisotopic (exact) mass is 231 g/mol. The van der Waals surface area contributed by atoms with E-state index in [-0.39, 0.29) is 5.82 Å². The summed E-state index contributed by atoms with van der Waals surface area (Å²) >= 11 is 0. The third kappa shape index (κ3) is 1.28. The van der Waals surface area contributed by atoms with Gasteiger partial charge >= 0.3 is 0 Å². The van der Waals surface area contributed by atoms with Gasteiger partial charge in [-0.15, -0.1) is 0 Å². The summed E-state index contributed by atoms with van der Waals surface area (Å²) in [5.74, 6) is 1.38. The van der Waals surface area contributed by atoms with Gasteiger partial charge in [0.1, 0.15) is 5.82 Å². The lowest BCUT2D eigenvalue weighted by molar-refractivity contribution is 0.109. The molecule has 4 atom stereocenters. The molecular weight excluding hydrogens is 213 g/mol.